The topological polar surface area (TPSA) is 55.1 Å². The van der Waals surface area contributed by atoms with Crippen LogP contribution in [0.15, 0.2) is 0 Å². The van der Waals surface area contributed by atoms with Crippen molar-refractivity contribution in [2.75, 3.05) is 13.1 Å². The summed E-state index contributed by atoms with van der Waals surface area (Å²) in [4.78, 5) is 11.6. The van der Waals surface area contributed by atoms with E-state index in [9.17, 15) is 4.79 Å². The van der Waals surface area contributed by atoms with Gasteiger partial charge in [-0.05, 0) is 31.1 Å². The molecule has 3 heteroatoms. The van der Waals surface area contributed by atoms with E-state index in [-0.39, 0.29) is 17.2 Å². The number of carbonyl (C=O) groups excluding carboxylic acids is 1. The molecule has 2 saturated carbocycles. The van der Waals surface area contributed by atoms with Crippen molar-refractivity contribution in [2.45, 2.75) is 38.5 Å². The smallest absolute Gasteiger partial charge is 0.222 e. The third kappa shape index (κ3) is 1.02. The van der Waals surface area contributed by atoms with Crippen LogP contribution in [0.25, 0.3) is 0 Å². The summed E-state index contributed by atoms with van der Waals surface area (Å²) in [5.41, 5.74) is 6.29. The summed E-state index contributed by atoms with van der Waals surface area (Å²) in [6, 6.07) is 0. The van der Waals surface area contributed by atoms with Crippen LogP contribution in [-0.4, -0.2) is 19.0 Å². The number of hydrogen-bond acceptors (Lipinski definition) is 2. The van der Waals surface area contributed by atoms with Gasteiger partial charge in [0.25, 0.3) is 0 Å². The summed E-state index contributed by atoms with van der Waals surface area (Å²) in [6.07, 6.45) is 7.86. The van der Waals surface area contributed by atoms with Crippen molar-refractivity contribution < 1.29 is 4.79 Å². The van der Waals surface area contributed by atoms with Crippen molar-refractivity contribution in [3.05, 3.63) is 0 Å². The maximum absolute atomic E-state index is 11.6. The van der Waals surface area contributed by atoms with E-state index in [0.29, 0.717) is 5.41 Å². The molecule has 3 N–H and O–H groups in total. The maximum Gasteiger partial charge on any atom is 0.222 e. The van der Waals surface area contributed by atoms with Gasteiger partial charge < -0.3 is 11.1 Å². The average molecular weight is 208 g/mol. The normalized spacial score (nSPS) is 42.3. The van der Waals surface area contributed by atoms with Crippen molar-refractivity contribution >= 4 is 5.91 Å². The molecule has 1 amide bonds. The van der Waals surface area contributed by atoms with E-state index in [0.717, 1.165) is 13.1 Å². The van der Waals surface area contributed by atoms with Crippen molar-refractivity contribution in [3.8, 4) is 0 Å². The molecule has 1 aliphatic heterocycles. The molecule has 0 bridgehead atoms. The Labute approximate surface area is 90.8 Å². The first-order valence-corrected chi connectivity index (χ1v) is 6.20. The molecule has 3 aliphatic rings. The fraction of sp³-hybridized carbons (Fsp3) is 0.917. The van der Waals surface area contributed by atoms with Gasteiger partial charge in [0.2, 0.25) is 5.91 Å². The van der Waals surface area contributed by atoms with E-state index in [1.165, 1.54) is 38.5 Å². The molecule has 1 saturated heterocycles. The van der Waals surface area contributed by atoms with Crippen molar-refractivity contribution in [1.29, 1.82) is 0 Å². The fourth-order valence-electron chi connectivity index (χ4n) is 4.56. The molecule has 0 aromatic heterocycles. The largest absolute Gasteiger partial charge is 0.369 e. The lowest BCUT2D eigenvalue weighted by atomic mass is 9.51. The Hall–Kier alpha value is -0.570. The van der Waals surface area contributed by atoms with Crippen LogP contribution in [0.1, 0.15) is 38.5 Å². The minimum absolute atomic E-state index is 0.0758. The van der Waals surface area contributed by atoms with Gasteiger partial charge in [0.1, 0.15) is 0 Å². The lowest BCUT2D eigenvalue weighted by Crippen LogP contribution is -2.51. The molecule has 0 aromatic rings. The Morgan fingerprint density at radius 3 is 2.47 bits per heavy atom. The van der Waals surface area contributed by atoms with Crippen molar-refractivity contribution in [2.24, 2.45) is 22.5 Å². The lowest BCUT2D eigenvalue weighted by molar-refractivity contribution is -0.129. The summed E-state index contributed by atoms with van der Waals surface area (Å²) >= 11 is 0. The van der Waals surface area contributed by atoms with Gasteiger partial charge in [-0.2, -0.15) is 0 Å². The van der Waals surface area contributed by atoms with E-state index in [2.05, 4.69) is 5.32 Å². The third-order valence-electron chi connectivity index (χ3n) is 5.44. The zero-order valence-corrected chi connectivity index (χ0v) is 9.22. The summed E-state index contributed by atoms with van der Waals surface area (Å²) in [6.45, 7) is 1.84. The van der Waals surface area contributed by atoms with Crippen LogP contribution >= 0.6 is 0 Å². The van der Waals surface area contributed by atoms with E-state index in [1.54, 1.807) is 0 Å². The SMILES string of the molecule is NC(=O)C1CNCC12CCCC21CCC1. The zero-order chi connectivity index (χ0) is 10.5. The van der Waals surface area contributed by atoms with Crippen molar-refractivity contribution in [1.82, 2.24) is 5.32 Å². The Kier molecular flexibility index (Phi) is 1.91. The van der Waals surface area contributed by atoms with Crippen LogP contribution in [0.5, 0.6) is 0 Å². The number of nitrogens with two attached hydrogens (primary N) is 1. The van der Waals surface area contributed by atoms with E-state index < -0.39 is 0 Å². The van der Waals surface area contributed by atoms with Gasteiger partial charge in [-0.1, -0.05) is 12.8 Å². The van der Waals surface area contributed by atoms with Gasteiger partial charge in [0, 0.05) is 18.5 Å². The Morgan fingerprint density at radius 1 is 1.20 bits per heavy atom. The number of hydrogen-bond donors (Lipinski definition) is 2. The minimum Gasteiger partial charge on any atom is -0.369 e. The van der Waals surface area contributed by atoms with Gasteiger partial charge in [-0.15, -0.1) is 0 Å². The first-order chi connectivity index (χ1) is 7.20. The third-order valence-corrected chi connectivity index (χ3v) is 5.44. The van der Waals surface area contributed by atoms with Gasteiger partial charge in [0.05, 0.1) is 5.92 Å². The van der Waals surface area contributed by atoms with E-state index in [1.807, 2.05) is 0 Å². The highest BCUT2D eigenvalue weighted by Gasteiger charge is 2.63. The first kappa shape index (κ1) is 9.64. The minimum atomic E-state index is -0.0758. The number of fused-ring (bicyclic) bond motifs is 1. The highest BCUT2D eigenvalue weighted by Crippen LogP contribution is 2.67. The lowest BCUT2D eigenvalue weighted by Gasteiger charge is -2.52. The molecular formula is C12H20N2O. The van der Waals surface area contributed by atoms with Crippen LogP contribution < -0.4 is 11.1 Å². The molecule has 1 heterocycles. The van der Waals surface area contributed by atoms with Crippen LogP contribution in [-0.2, 0) is 4.79 Å². The second kappa shape index (κ2) is 2.97. The second-order valence-corrected chi connectivity index (χ2v) is 5.73. The summed E-state index contributed by atoms with van der Waals surface area (Å²) in [7, 11) is 0. The zero-order valence-electron chi connectivity index (χ0n) is 9.22. The quantitative estimate of drug-likeness (QED) is 0.676. The molecule has 84 valence electrons. The molecule has 2 aliphatic carbocycles. The molecule has 3 fully saturated rings. The molecule has 0 aromatic carbocycles. The van der Waals surface area contributed by atoms with Gasteiger partial charge >= 0.3 is 0 Å². The molecule has 2 spiro atoms. The van der Waals surface area contributed by atoms with Crippen LogP contribution in [0, 0.1) is 16.7 Å². The standard InChI is InChI=1S/C12H20N2O/c13-10(15)9-7-14-8-12(9)6-2-5-11(12)3-1-4-11/h9,14H,1-8H2,(H2,13,15). The van der Waals surface area contributed by atoms with Crippen LogP contribution in [0.3, 0.4) is 0 Å². The van der Waals surface area contributed by atoms with Crippen LogP contribution in [0.4, 0.5) is 0 Å². The van der Waals surface area contributed by atoms with Gasteiger partial charge in [-0.25, -0.2) is 0 Å². The molecule has 0 radical (unpaired) electrons. The summed E-state index contributed by atoms with van der Waals surface area (Å²) in [5.74, 6) is 0.0217. The number of carbonyl (C=O) groups is 1. The molecule has 2 atom stereocenters. The van der Waals surface area contributed by atoms with E-state index in [4.69, 9.17) is 5.73 Å². The maximum atomic E-state index is 11.6. The second-order valence-electron chi connectivity index (χ2n) is 5.73. The number of primary amides is 1. The van der Waals surface area contributed by atoms with Gasteiger partial charge in [-0.3, -0.25) is 4.79 Å². The Morgan fingerprint density at radius 2 is 1.87 bits per heavy atom. The summed E-state index contributed by atoms with van der Waals surface area (Å²) in [5, 5.41) is 3.41. The average Bonchev–Trinajstić information content (AvgIpc) is 2.70. The predicted octanol–water partition coefficient (Wildman–Crippen LogP) is 1.03. The molecular weight excluding hydrogens is 188 g/mol. The molecule has 3 rings (SSSR count). The predicted molar refractivity (Wildman–Crippen MR) is 58.1 cm³/mol. The fourth-order valence-corrected chi connectivity index (χ4v) is 4.56. The van der Waals surface area contributed by atoms with Crippen LogP contribution in [0.2, 0.25) is 0 Å². The molecule has 3 nitrogen and oxygen atoms in total. The number of nitrogens with one attached hydrogen (secondary N) is 1. The monoisotopic (exact) mass is 208 g/mol. The molecule has 2 unspecified atom stereocenters. The van der Waals surface area contributed by atoms with Crippen molar-refractivity contribution in [3.63, 3.8) is 0 Å². The Bertz CT molecular complexity index is 294. The summed E-state index contributed by atoms with van der Waals surface area (Å²) < 4.78 is 0. The molecule has 15 heavy (non-hydrogen) atoms. The first-order valence-electron chi connectivity index (χ1n) is 6.20. The Balaban J connectivity index is 1.97. The number of rotatable bonds is 1. The highest BCUT2D eigenvalue weighted by atomic mass is 16.1. The van der Waals surface area contributed by atoms with E-state index >= 15 is 0 Å². The highest BCUT2D eigenvalue weighted by molar-refractivity contribution is 5.78. The number of amides is 1. The van der Waals surface area contributed by atoms with Gasteiger partial charge in [0.15, 0.2) is 0 Å².